The van der Waals surface area contributed by atoms with Gasteiger partial charge in [-0.2, -0.15) is 0 Å². The van der Waals surface area contributed by atoms with Gasteiger partial charge in [-0.3, -0.25) is 4.79 Å². The topological polar surface area (TPSA) is 58.1 Å². The van der Waals surface area contributed by atoms with E-state index in [2.05, 4.69) is 36.3 Å². The summed E-state index contributed by atoms with van der Waals surface area (Å²) >= 11 is 3.42. The Hall–Kier alpha value is -1.95. The molecule has 1 aromatic heterocycles. The van der Waals surface area contributed by atoms with Crippen molar-refractivity contribution in [2.24, 2.45) is 0 Å². The highest BCUT2D eigenvalue weighted by Gasteiger charge is 2.14. The minimum absolute atomic E-state index is 0.240. The van der Waals surface area contributed by atoms with Gasteiger partial charge in [0.25, 0.3) is 5.91 Å². The third-order valence-corrected chi connectivity index (χ3v) is 4.74. The summed E-state index contributed by atoms with van der Waals surface area (Å²) in [6.45, 7) is 3.98. The second-order valence-corrected chi connectivity index (χ2v) is 7.01. The van der Waals surface area contributed by atoms with E-state index >= 15 is 0 Å². The van der Waals surface area contributed by atoms with Crippen molar-refractivity contribution in [2.45, 2.75) is 32.6 Å². The van der Waals surface area contributed by atoms with Gasteiger partial charge < -0.3 is 10.2 Å². The number of hydrogen-bond acceptors (Lipinski definition) is 4. The third-order valence-electron chi connectivity index (χ3n) is 4.25. The van der Waals surface area contributed by atoms with Crippen molar-refractivity contribution < 1.29 is 4.79 Å². The molecule has 0 saturated carbocycles. The number of carbonyl (C=O) groups excluding carboxylic acids is 1. The van der Waals surface area contributed by atoms with Crippen LogP contribution in [0.25, 0.3) is 0 Å². The zero-order valence-corrected chi connectivity index (χ0v) is 15.3. The minimum atomic E-state index is -0.240. The van der Waals surface area contributed by atoms with Crippen molar-refractivity contribution in [1.29, 1.82) is 0 Å². The first-order valence-electron chi connectivity index (χ1n) is 8.30. The summed E-state index contributed by atoms with van der Waals surface area (Å²) in [6.07, 6.45) is 4.92. The van der Waals surface area contributed by atoms with Gasteiger partial charge in [0.05, 0.1) is 0 Å². The lowest BCUT2D eigenvalue weighted by Crippen LogP contribution is -2.25. The van der Waals surface area contributed by atoms with Crippen LogP contribution in [0, 0.1) is 6.92 Å². The number of amides is 1. The number of nitrogens with one attached hydrogen (secondary N) is 1. The summed E-state index contributed by atoms with van der Waals surface area (Å²) in [5.74, 6) is 0.614. The predicted molar refractivity (Wildman–Crippen MR) is 99.5 cm³/mol. The Balaban J connectivity index is 1.69. The molecule has 2 heterocycles. The molecule has 0 radical (unpaired) electrons. The van der Waals surface area contributed by atoms with Crippen LogP contribution < -0.4 is 10.2 Å². The minimum Gasteiger partial charge on any atom is -0.355 e. The zero-order valence-electron chi connectivity index (χ0n) is 13.8. The maximum absolute atomic E-state index is 12.4. The largest absolute Gasteiger partial charge is 0.355 e. The lowest BCUT2D eigenvalue weighted by Gasteiger charge is -2.20. The van der Waals surface area contributed by atoms with Crippen LogP contribution in [0.15, 0.2) is 34.8 Å². The van der Waals surface area contributed by atoms with Crippen molar-refractivity contribution in [3.8, 4) is 0 Å². The van der Waals surface area contributed by atoms with Gasteiger partial charge >= 0.3 is 0 Å². The number of rotatable bonds is 3. The Bertz CT molecular complexity index is 709. The summed E-state index contributed by atoms with van der Waals surface area (Å²) in [5, 5.41) is 11.3. The molecule has 1 N–H and O–H groups in total. The van der Waals surface area contributed by atoms with E-state index in [0.717, 1.165) is 34.6 Å². The van der Waals surface area contributed by atoms with Crippen LogP contribution >= 0.6 is 15.9 Å². The van der Waals surface area contributed by atoms with Gasteiger partial charge in [-0.15, -0.1) is 10.2 Å². The number of carbonyl (C=O) groups is 1. The fourth-order valence-electron chi connectivity index (χ4n) is 2.87. The SMILES string of the molecule is Cc1cc(Br)ccc1NC(=O)c1ccc(N2CCCCCC2)nn1. The molecule has 1 aromatic carbocycles. The van der Waals surface area contributed by atoms with E-state index in [0.29, 0.717) is 5.69 Å². The lowest BCUT2D eigenvalue weighted by atomic mass is 10.2. The molecule has 1 fully saturated rings. The summed E-state index contributed by atoms with van der Waals surface area (Å²) in [5.41, 5.74) is 2.10. The fourth-order valence-corrected chi connectivity index (χ4v) is 3.34. The summed E-state index contributed by atoms with van der Waals surface area (Å²) in [7, 11) is 0. The molecule has 3 rings (SSSR count). The number of halogens is 1. The molecule has 1 saturated heterocycles. The Labute approximate surface area is 150 Å². The normalized spacial score (nSPS) is 15.0. The highest BCUT2D eigenvalue weighted by Crippen LogP contribution is 2.21. The van der Waals surface area contributed by atoms with E-state index in [1.54, 1.807) is 6.07 Å². The van der Waals surface area contributed by atoms with Crippen LogP contribution in [-0.4, -0.2) is 29.2 Å². The Morgan fingerprint density at radius 2 is 1.83 bits per heavy atom. The van der Waals surface area contributed by atoms with Crippen molar-refractivity contribution in [3.05, 3.63) is 46.1 Å². The second-order valence-electron chi connectivity index (χ2n) is 6.09. The monoisotopic (exact) mass is 388 g/mol. The van der Waals surface area contributed by atoms with Crippen molar-refractivity contribution in [3.63, 3.8) is 0 Å². The maximum Gasteiger partial charge on any atom is 0.276 e. The van der Waals surface area contributed by atoms with Gasteiger partial charge in [0.2, 0.25) is 0 Å². The third kappa shape index (κ3) is 4.12. The van der Waals surface area contributed by atoms with Gasteiger partial charge in [-0.25, -0.2) is 0 Å². The number of aromatic nitrogens is 2. The average molecular weight is 389 g/mol. The van der Waals surface area contributed by atoms with E-state index in [9.17, 15) is 4.79 Å². The standard InChI is InChI=1S/C18H21BrN4O/c1-13-12-14(19)6-7-15(13)20-18(24)16-8-9-17(22-21-16)23-10-4-2-3-5-11-23/h6-9,12H,2-5,10-11H2,1H3,(H,20,24). The smallest absolute Gasteiger partial charge is 0.276 e. The number of anilines is 2. The van der Waals surface area contributed by atoms with Crippen molar-refractivity contribution in [2.75, 3.05) is 23.3 Å². The van der Waals surface area contributed by atoms with Gasteiger partial charge in [-0.05, 0) is 55.7 Å². The maximum atomic E-state index is 12.4. The molecule has 24 heavy (non-hydrogen) atoms. The van der Waals surface area contributed by atoms with Crippen LogP contribution in [0.5, 0.6) is 0 Å². The molecule has 5 nitrogen and oxygen atoms in total. The number of benzene rings is 1. The summed E-state index contributed by atoms with van der Waals surface area (Å²) in [6, 6.07) is 9.37. The highest BCUT2D eigenvalue weighted by molar-refractivity contribution is 9.10. The van der Waals surface area contributed by atoms with E-state index in [-0.39, 0.29) is 5.91 Å². The molecule has 0 unspecified atom stereocenters. The number of aryl methyl sites for hydroxylation is 1. The second kappa shape index (κ2) is 7.75. The van der Waals surface area contributed by atoms with Gasteiger partial charge in [-0.1, -0.05) is 28.8 Å². The Morgan fingerprint density at radius 3 is 2.46 bits per heavy atom. The molecular formula is C18H21BrN4O. The number of hydrogen-bond donors (Lipinski definition) is 1. The summed E-state index contributed by atoms with van der Waals surface area (Å²) < 4.78 is 0.986. The lowest BCUT2D eigenvalue weighted by molar-refractivity contribution is 0.102. The van der Waals surface area contributed by atoms with Crippen LogP contribution in [0.4, 0.5) is 11.5 Å². The average Bonchev–Trinajstić information content (AvgIpc) is 2.87. The predicted octanol–water partition coefficient (Wildman–Crippen LogP) is 4.18. The quantitative estimate of drug-likeness (QED) is 0.856. The molecule has 0 bridgehead atoms. The van der Waals surface area contributed by atoms with Crippen LogP contribution in [-0.2, 0) is 0 Å². The van der Waals surface area contributed by atoms with E-state index in [1.807, 2.05) is 31.2 Å². The molecule has 2 aromatic rings. The molecular weight excluding hydrogens is 368 g/mol. The molecule has 1 amide bonds. The molecule has 1 aliphatic heterocycles. The van der Waals surface area contributed by atoms with E-state index in [1.165, 1.54) is 25.7 Å². The molecule has 0 aliphatic carbocycles. The summed E-state index contributed by atoms with van der Waals surface area (Å²) in [4.78, 5) is 14.6. The van der Waals surface area contributed by atoms with Crippen molar-refractivity contribution >= 4 is 33.3 Å². The Kier molecular flexibility index (Phi) is 5.45. The molecule has 126 valence electrons. The van der Waals surface area contributed by atoms with E-state index in [4.69, 9.17) is 0 Å². The van der Waals surface area contributed by atoms with Gasteiger partial charge in [0.1, 0.15) is 0 Å². The molecule has 0 atom stereocenters. The first-order valence-corrected chi connectivity index (χ1v) is 9.09. The molecule has 6 heteroatoms. The van der Waals surface area contributed by atoms with Crippen LogP contribution in [0.3, 0.4) is 0 Å². The fraction of sp³-hybridized carbons (Fsp3) is 0.389. The number of nitrogens with zero attached hydrogens (tertiary/aromatic N) is 3. The van der Waals surface area contributed by atoms with Crippen LogP contribution in [0.2, 0.25) is 0 Å². The molecule has 0 spiro atoms. The van der Waals surface area contributed by atoms with Crippen LogP contribution in [0.1, 0.15) is 41.7 Å². The highest BCUT2D eigenvalue weighted by atomic mass is 79.9. The first-order chi connectivity index (χ1) is 11.6. The Morgan fingerprint density at radius 1 is 1.08 bits per heavy atom. The molecule has 1 aliphatic rings. The van der Waals surface area contributed by atoms with E-state index < -0.39 is 0 Å². The van der Waals surface area contributed by atoms with Crippen molar-refractivity contribution in [1.82, 2.24) is 10.2 Å². The van der Waals surface area contributed by atoms with Gasteiger partial charge in [0.15, 0.2) is 11.5 Å². The first kappa shape index (κ1) is 16.9. The van der Waals surface area contributed by atoms with Gasteiger partial charge in [0, 0.05) is 23.2 Å². The zero-order chi connectivity index (χ0) is 16.9.